The third-order valence-electron chi connectivity index (χ3n) is 2.31. The number of carbonyl (C=O) groups is 1. The first kappa shape index (κ1) is 11.4. The first-order valence-corrected chi connectivity index (χ1v) is 6.01. The maximum atomic E-state index is 11.4. The van der Waals surface area contributed by atoms with E-state index < -0.39 is 0 Å². The van der Waals surface area contributed by atoms with Gasteiger partial charge in [-0.3, -0.25) is 4.79 Å². The molecule has 0 aliphatic carbocycles. The van der Waals surface area contributed by atoms with Crippen LogP contribution in [-0.4, -0.2) is 5.12 Å². The van der Waals surface area contributed by atoms with Crippen LogP contribution in [0.15, 0.2) is 53.0 Å². The van der Waals surface area contributed by atoms with Crippen molar-refractivity contribution in [3.8, 4) is 11.1 Å². The lowest BCUT2D eigenvalue weighted by Gasteiger charge is -2.08. The molecule has 0 fully saturated rings. The maximum absolute atomic E-state index is 11.4. The van der Waals surface area contributed by atoms with Gasteiger partial charge in [-0.2, -0.15) is 0 Å². The van der Waals surface area contributed by atoms with E-state index in [2.05, 4.69) is 28.6 Å². The van der Waals surface area contributed by atoms with E-state index in [0.29, 0.717) is 5.56 Å². The van der Waals surface area contributed by atoms with Crippen molar-refractivity contribution in [3.05, 3.63) is 58.6 Å². The van der Waals surface area contributed by atoms with Gasteiger partial charge in [0.2, 0.25) is 5.12 Å². The fourth-order valence-electron chi connectivity index (χ4n) is 1.60. The monoisotopic (exact) mass is 292 g/mol. The van der Waals surface area contributed by atoms with Crippen LogP contribution in [-0.2, 0) is 0 Å². The molecule has 16 heavy (non-hydrogen) atoms. The topological polar surface area (TPSA) is 17.1 Å². The van der Waals surface area contributed by atoms with Crippen LogP contribution in [0.5, 0.6) is 0 Å². The average Bonchev–Trinajstić information content (AvgIpc) is 2.29. The van der Waals surface area contributed by atoms with E-state index in [4.69, 9.17) is 0 Å². The summed E-state index contributed by atoms with van der Waals surface area (Å²) in [6.07, 6.45) is 0. The van der Waals surface area contributed by atoms with E-state index in [1.54, 1.807) is 6.07 Å². The van der Waals surface area contributed by atoms with Crippen molar-refractivity contribution in [2.75, 3.05) is 0 Å². The van der Waals surface area contributed by atoms with Gasteiger partial charge in [-0.1, -0.05) is 52.3 Å². The molecule has 2 aromatic rings. The second-order valence-corrected chi connectivity index (χ2v) is 4.59. The number of benzene rings is 2. The van der Waals surface area contributed by atoms with Crippen LogP contribution < -0.4 is 0 Å². The number of halogens is 1. The fraction of sp³-hybridized carbons (Fsp3) is 0. The van der Waals surface area contributed by atoms with Gasteiger partial charge in [0.15, 0.2) is 0 Å². The number of carbonyl (C=O) groups excluding carboxylic acids is 1. The Bertz CT molecular complexity index is 523. The number of hydrogen-bond acceptors (Lipinski definition) is 1. The van der Waals surface area contributed by atoms with Gasteiger partial charge in [0.25, 0.3) is 0 Å². The Kier molecular flexibility index (Phi) is 3.46. The van der Waals surface area contributed by atoms with E-state index in [1.165, 1.54) is 0 Å². The summed E-state index contributed by atoms with van der Waals surface area (Å²) in [5.41, 5.74) is 2.51. The minimum absolute atomic E-state index is 0.222. The average molecular weight is 293 g/mol. The third-order valence-corrected chi connectivity index (χ3v) is 3.21. The molecule has 0 spiro atoms. The first-order valence-electron chi connectivity index (χ1n) is 4.77. The highest BCUT2D eigenvalue weighted by atomic mass is 79.9. The van der Waals surface area contributed by atoms with E-state index in [1.807, 2.05) is 42.5 Å². The van der Waals surface area contributed by atoms with Crippen molar-refractivity contribution < 1.29 is 4.79 Å². The van der Waals surface area contributed by atoms with E-state index in [-0.39, 0.29) is 5.12 Å². The molecule has 0 radical (unpaired) electrons. The molecule has 0 unspecified atom stereocenters. The van der Waals surface area contributed by atoms with Gasteiger partial charge in [-0.05, 0) is 17.7 Å². The highest BCUT2D eigenvalue weighted by molar-refractivity contribution is 9.10. The summed E-state index contributed by atoms with van der Waals surface area (Å²) >= 11 is 7.36. The third kappa shape index (κ3) is 2.20. The fourth-order valence-corrected chi connectivity index (χ4v) is 2.38. The lowest BCUT2D eigenvalue weighted by atomic mass is 10.0. The lowest BCUT2D eigenvalue weighted by molar-refractivity contribution is 0.109. The molecule has 3 heteroatoms. The molecule has 0 aromatic heterocycles. The Labute approximate surface area is 108 Å². The second-order valence-electron chi connectivity index (χ2n) is 3.33. The smallest absolute Gasteiger partial charge is 0.216 e. The van der Waals surface area contributed by atoms with Gasteiger partial charge in [-0.25, -0.2) is 0 Å². The molecule has 2 rings (SSSR count). The molecule has 0 aliphatic rings. The number of hydrogen-bond donors (Lipinski definition) is 1. The Morgan fingerprint density at radius 3 is 2.31 bits per heavy atom. The van der Waals surface area contributed by atoms with E-state index in [9.17, 15) is 4.79 Å². The van der Waals surface area contributed by atoms with Crippen molar-refractivity contribution in [3.63, 3.8) is 0 Å². The lowest BCUT2D eigenvalue weighted by Crippen LogP contribution is -1.94. The molecular weight excluding hydrogens is 284 g/mol. The van der Waals surface area contributed by atoms with Gasteiger partial charge < -0.3 is 0 Å². The van der Waals surface area contributed by atoms with Gasteiger partial charge in [0, 0.05) is 15.6 Å². The number of rotatable bonds is 2. The summed E-state index contributed by atoms with van der Waals surface area (Å²) in [6, 6.07) is 15.3. The van der Waals surface area contributed by atoms with Crippen LogP contribution in [0.1, 0.15) is 10.4 Å². The molecule has 0 saturated carbocycles. The predicted molar refractivity (Wildman–Crippen MR) is 72.9 cm³/mol. The molecule has 0 bridgehead atoms. The molecule has 1 nitrogen and oxygen atoms in total. The minimum atomic E-state index is -0.222. The normalized spacial score (nSPS) is 10.1. The Hall–Kier alpha value is -1.06. The van der Waals surface area contributed by atoms with Gasteiger partial charge >= 0.3 is 0 Å². The second kappa shape index (κ2) is 4.85. The van der Waals surface area contributed by atoms with Crippen LogP contribution in [0.3, 0.4) is 0 Å². The molecule has 0 heterocycles. The summed E-state index contributed by atoms with van der Waals surface area (Å²) in [5.74, 6) is 0. The van der Waals surface area contributed by atoms with E-state index >= 15 is 0 Å². The quantitative estimate of drug-likeness (QED) is 0.822. The predicted octanol–water partition coefficient (Wildman–Crippen LogP) is 4.19. The van der Waals surface area contributed by atoms with Crippen LogP contribution in [0.25, 0.3) is 11.1 Å². The molecule has 0 atom stereocenters. The molecular formula is C13H9BrOS. The van der Waals surface area contributed by atoms with Gasteiger partial charge in [0.05, 0.1) is 0 Å². The van der Waals surface area contributed by atoms with Crippen molar-refractivity contribution >= 4 is 33.7 Å². The zero-order valence-corrected chi connectivity index (χ0v) is 10.8. The molecule has 0 saturated heterocycles. The maximum Gasteiger partial charge on any atom is 0.216 e. The Morgan fingerprint density at radius 2 is 1.69 bits per heavy atom. The van der Waals surface area contributed by atoms with Crippen LogP contribution >= 0.6 is 28.6 Å². The molecule has 80 valence electrons. The van der Waals surface area contributed by atoms with Gasteiger partial charge in [-0.15, -0.1) is 12.6 Å². The van der Waals surface area contributed by atoms with Crippen molar-refractivity contribution in [2.24, 2.45) is 0 Å². The number of thiol groups is 1. The standard InChI is InChI=1S/C13H9BrOS/c14-11-8-4-7-10(13(15)16)12(11)9-5-2-1-3-6-9/h1-8H,(H,15,16). The summed E-state index contributed by atoms with van der Waals surface area (Å²) in [5, 5.41) is -0.222. The van der Waals surface area contributed by atoms with Crippen molar-refractivity contribution in [1.29, 1.82) is 0 Å². The summed E-state index contributed by atoms with van der Waals surface area (Å²) in [6.45, 7) is 0. The zero-order chi connectivity index (χ0) is 11.5. The van der Waals surface area contributed by atoms with Crippen LogP contribution in [0, 0.1) is 0 Å². The van der Waals surface area contributed by atoms with Crippen molar-refractivity contribution in [2.45, 2.75) is 0 Å². The zero-order valence-electron chi connectivity index (χ0n) is 8.35. The molecule has 2 aromatic carbocycles. The highest BCUT2D eigenvalue weighted by Gasteiger charge is 2.12. The van der Waals surface area contributed by atoms with Crippen LogP contribution in [0.2, 0.25) is 0 Å². The molecule has 0 N–H and O–H groups in total. The van der Waals surface area contributed by atoms with Crippen molar-refractivity contribution in [1.82, 2.24) is 0 Å². The molecule has 0 amide bonds. The van der Waals surface area contributed by atoms with E-state index in [0.717, 1.165) is 15.6 Å². The summed E-state index contributed by atoms with van der Waals surface area (Å²) in [4.78, 5) is 11.4. The highest BCUT2D eigenvalue weighted by Crippen LogP contribution is 2.32. The summed E-state index contributed by atoms with van der Waals surface area (Å²) in [7, 11) is 0. The molecule has 0 aliphatic heterocycles. The van der Waals surface area contributed by atoms with Gasteiger partial charge in [0.1, 0.15) is 0 Å². The Morgan fingerprint density at radius 1 is 1.00 bits per heavy atom. The van der Waals surface area contributed by atoms with Crippen LogP contribution in [0.4, 0.5) is 0 Å². The first-order chi connectivity index (χ1) is 7.70. The Balaban J connectivity index is 2.68. The SMILES string of the molecule is O=C(S)c1cccc(Br)c1-c1ccccc1. The minimum Gasteiger partial charge on any atom is -0.282 e. The largest absolute Gasteiger partial charge is 0.282 e. The summed E-state index contributed by atoms with van der Waals surface area (Å²) < 4.78 is 0.901.